The molecule has 1 aromatic carbocycles. The first-order valence-electron chi connectivity index (χ1n) is 5.36. The van der Waals surface area contributed by atoms with Crippen molar-refractivity contribution in [3.05, 3.63) is 34.1 Å². The Morgan fingerprint density at radius 1 is 1.47 bits per heavy atom. The van der Waals surface area contributed by atoms with Gasteiger partial charge in [0.1, 0.15) is 5.82 Å². The first-order chi connectivity index (χ1) is 7.16. The van der Waals surface area contributed by atoms with Crippen LogP contribution < -0.4 is 5.73 Å². The standard InChI is InChI=1S/C12H15BrFN/c13-11-5-4-10(14)7-9(11)3-6-12(15)8-1-2-8/h4-5,7-8,12H,1-3,6,15H2. The molecule has 0 aliphatic heterocycles. The van der Waals surface area contributed by atoms with E-state index in [0.717, 1.165) is 28.8 Å². The molecule has 0 saturated heterocycles. The Kier molecular flexibility index (Phi) is 3.42. The van der Waals surface area contributed by atoms with Gasteiger partial charge >= 0.3 is 0 Å². The molecule has 1 nitrogen and oxygen atoms in total. The van der Waals surface area contributed by atoms with Gasteiger partial charge in [0.2, 0.25) is 0 Å². The second kappa shape index (κ2) is 4.62. The minimum absolute atomic E-state index is 0.173. The van der Waals surface area contributed by atoms with Crippen molar-refractivity contribution >= 4 is 15.9 Å². The summed E-state index contributed by atoms with van der Waals surface area (Å²) in [5.41, 5.74) is 7.03. The molecule has 1 aromatic rings. The number of hydrogen-bond acceptors (Lipinski definition) is 1. The van der Waals surface area contributed by atoms with Gasteiger partial charge < -0.3 is 5.73 Å². The molecule has 1 unspecified atom stereocenters. The summed E-state index contributed by atoms with van der Waals surface area (Å²) in [6, 6.07) is 5.10. The summed E-state index contributed by atoms with van der Waals surface area (Å²) in [6.45, 7) is 0. The lowest BCUT2D eigenvalue weighted by atomic mass is 10.0. The predicted molar refractivity (Wildman–Crippen MR) is 63.1 cm³/mol. The highest BCUT2D eigenvalue weighted by Crippen LogP contribution is 2.33. The maximum atomic E-state index is 13.0. The smallest absolute Gasteiger partial charge is 0.123 e. The van der Waals surface area contributed by atoms with Crippen molar-refractivity contribution in [3.63, 3.8) is 0 Å². The van der Waals surface area contributed by atoms with Gasteiger partial charge in [-0.15, -0.1) is 0 Å². The zero-order valence-electron chi connectivity index (χ0n) is 8.55. The molecule has 1 fully saturated rings. The highest BCUT2D eigenvalue weighted by atomic mass is 79.9. The van der Waals surface area contributed by atoms with Gasteiger partial charge in [0, 0.05) is 10.5 Å². The molecule has 2 rings (SSSR count). The van der Waals surface area contributed by atoms with Gasteiger partial charge in [-0.25, -0.2) is 4.39 Å². The van der Waals surface area contributed by atoms with E-state index in [1.54, 1.807) is 12.1 Å². The molecule has 0 bridgehead atoms. The highest BCUT2D eigenvalue weighted by molar-refractivity contribution is 9.10. The van der Waals surface area contributed by atoms with Gasteiger partial charge in [-0.3, -0.25) is 0 Å². The number of hydrogen-bond donors (Lipinski definition) is 1. The fourth-order valence-corrected chi connectivity index (χ4v) is 2.26. The SMILES string of the molecule is NC(CCc1cc(F)ccc1Br)C1CC1. The fraction of sp³-hybridized carbons (Fsp3) is 0.500. The van der Waals surface area contributed by atoms with Crippen LogP contribution in [0.5, 0.6) is 0 Å². The molecule has 3 heteroatoms. The lowest BCUT2D eigenvalue weighted by Gasteiger charge is -2.10. The number of halogens is 2. The predicted octanol–water partition coefficient (Wildman–Crippen LogP) is 3.26. The molecular weight excluding hydrogens is 257 g/mol. The van der Waals surface area contributed by atoms with Crippen LogP contribution in [-0.2, 0) is 6.42 Å². The average Bonchev–Trinajstić information content (AvgIpc) is 3.02. The Morgan fingerprint density at radius 2 is 2.20 bits per heavy atom. The monoisotopic (exact) mass is 271 g/mol. The van der Waals surface area contributed by atoms with Crippen molar-refractivity contribution in [1.29, 1.82) is 0 Å². The van der Waals surface area contributed by atoms with Crippen molar-refractivity contribution in [2.45, 2.75) is 31.7 Å². The summed E-state index contributed by atoms with van der Waals surface area (Å²) in [7, 11) is 0. The first kappa shape index (κ1) is 11.1. The summed E-state index contributed by atoms with van der Waals surface area (Å²) in [5.74, 6) is 0.547. The zero-order valence-corrected chi connectivity index (χ0v) is 10.1. The fourth-order valence-electron chi connectivity index (χ4n) is 1.82. The van der Waals surface area contributed by atoms with Gasteiger partial charge in [-0.05, 0) is 55.4 Å². The minimum atomic E-state index is -0.173. The average molecular weight is 272 g/mol. The molecule has 82 valence electrons. The van der Waals surface area contributed by atoms with Gasteiger partial charge in [0.15, 0.2) is 0 Å². The third-order valence-electron chi connectivity index (χ3n) is 2.98. The van der Waals surface area contributed by atoms with Crippen LogP contribution in [-0.4, -0.2) is 6.04 Å². The molecule has 0 heterocycles. The molecule has 1 saturated carbocycles. The van der Waals surface area contributed by atoms with E-state index in [1.807, 2.05) is 0 Å². The lowest BCUT2D eigenvalue weighted by Crippen LogP contribution is -2.22. The summed E-state index contributed by atoms with van der Waals surface area (Å²) < 4.78 is 14.0. The van der Waals surface area contributed by atoms with Crippen LogP contribution in [0, 0.1) is 11.7 Å². The van der Waals surface area contributed by atoms with Crippen molar-refractivity contribution in [1.82, 2.24) is 0 Å². The van der Waals surface area contributed by atoms with Crippen molar-refractivity contribution in [3.8, 4) is 0 Å². The summed E-state index contributed by atoms with van der Waals surface area (Å²) in [6.07, 6.45) is 4.35. The molecule has 0 spiro atoms. The van der Waals surface area contributed by atoms with Crippen LogP contribution >= 0.6 is 15.9 Å². The first-order valence-corrected chi connectivity index (χ1v) is 6.15. The van der Waals surface area contributed by atoms with Gasteiger partial charge in [0.25, 0.3) is 0 Å². The largest absolute Gasteiger partial charge is 0.327 e. The molecule has 1 aliphatic rings. The van der Waals surface area contributed by atoms with E-state index in [-0.39, 0.29) is 5.82 Å². The van der Waals surface area contributed by atoms with Crippen molar-refractivity contribution in [2.24, 2.45) is 11.7 Å². The number of benzene rings is 1. The Bertz CT molecular complexity index is 349. The van der Waals surface area contributed by atoms with E-state index >= 15 is 0 Å². The Labute approximate surface area is 98.0 Å². The normalized spacial score (nSPS) is 17.8. The van der Waals surface area contributed by atoms with E-state index in [1.165, 1.54) is 18.9 Å². The second-order valence-corrected chi connectivity index (χ2v) is 5.13. The Balaban J connectivity index is 1.94. The van der Waals surface area contributed by atoms with Crippen LogP contribution in [0.4, 0.5) is 4.39 Å². The van der Waals surface area contributed by atoms with Crippen LogP contribution in [0.15, 0.2) is 22.7 Å². The highest BCUT2D eigenvalue weighted by Gasteiger charge is 2.27. The van der Waals surface area contributed by atoms with E-state index in [4.69, 9.17) is 5.73 Å². The summed E-state index contributed by atoms with van der Waals surface area (Å²) in [5, 5.41) is 0. The number of nitrogens with two attached hydrogens (primary N) is 1. The minimum Gasteiger partial charge on any atom is -0.327 e. The quantitative estimate of drug-likeness (QED) is 0.894. The van der Waals surface area contributed by atoms with E-state index in [0.29, 0.717) is 6.04 Å². The van der Waals surface area contributed by atoms with Gasteiger partial charge in [-0.1, -0.05) is 15.9 Å². The maximum absolute atomic E-state index is 13.0. The van der Waals surface area contributed by atoms with E-state index in [9.17, 15) is 4.39 Å². The molecule has 1 aliphatic carbocycles. The van der Waals surface area contributed by atoms with E-state index < -0.39 is 0 Å². The molecular formula is C12H15BrFN. The molecule has 0 aromatic heterocycles. The summed E-state index contributed by atoms with van der Waals surface area (Å²) in [4.78, 5) is 0. The number of aryl methyl sites for hydroxylation is 1. The molecule has 2 N–H and O–H groups in total. The Morgan fingerprint density at radius 3 is 2.87 bits per heavy atom. The number of rotatable bonds is 4. The molecule has 0 radical (unpaired) electrons. The lowest BCUT2D eigenvalue weighted by molar-refractivity contribution is 0.547. The summed E-state index contributed by atoms with van der Waals surface area (Å²) >= 11 is 3.43. The van der Waals surface area contributed by atoms with Gasteiger partial charge in [-0.2, -0.15) is 0 Å². The topological polar surface area (TPSA) is 26.0 Å². The Hall–Kier alpha value is -0.410. The molecule has 1 atom stereocenters. The van der Waals surface area contributed by atoms with Crippen LogP contribution in [0.1, 0.15) is 24.8 Å². The van der Waals surface area contributed by atoms with Crippen molar-refractivity contribution < 1.29 is 4.39 Å². The van der Waals surface area contributed by atoms with E-state index in [2.05, 4.69) is 15.9 Å². The van der Waals surface area contributed by atoms with Crippen molar-refractivity contribution in [2.75, 3.05) is 0 Å². The third-order valence-corrected chi connectivity index (χ3v) is 3.76. The zero-order chi connectivity index (χ0) is 10.8. The maximum Gasteiger partial charge on any atom is 0.123 e. The molecule has 0 amide bonds. The van der Waals surface area contributed by atoms with Crippen LogP contribution in [0.2, 0.25) is 0 Å². The van der Waals surface area contributed by atoms with Crippen LogP contribution in [0.25, 0.3) is 0 Å². The second-order valence-electron chi connectivity index (χ2n) is 4.28. The third kappa shape index (κ3) is 3.02. The molecule has 15 heavy (non-hydrogen) atoms. The van der Waals surface area contributed by atoms with Gasteiger partial charge in [0.05, 0.1) is 0 Å². The van der Waals surface area contributed by atoms with Crippen LogP contribution in [0.3, 0.4) is 0 Å².